The quantitative estimate of drug-likeness (QED) is 0.0726. The van der Waals surface area contributed by atoms with E-state index in [0.29, 0.717) is 0 Å². The van der Waals surface area contributed by atoms with Crippen LogP contribution in [0.2, 0.25) is 0 Å². The van der Waals surface area contributed by atoms with Gasteiger partial charge >= 0.3 is 17.9 Å². The molecule has 210 valence electrons. The van der Waals surface area contributed by atoms with Gasteiger partial charge < -0.3 is 15.3 Å². The van der Waals surface area contributed by atoms with Crippen molar-refractivity contribution in [3.8, 4) is 0 Å². The number of quaternary nitrogens is 1. The number of carboxylic acid groups (broad SMARTS) is 3. The zero-order valence-corrected chi connectivity index (χ0v) is 23.4. The van der Waals surface area contributed by atoms with Gasteiger partial charge in [-0.05, 0) is 39.7 Å². The van der Waals surface area contributed by atoms with Gasteiger partial charge in [-0.3, -0.25) is 4.48 Å². The second-order valence-electron chi connectivity index (χ2n) is 10.4. The van der Waals surface area contributed by atoms with Gasteiger partial charge in [-0.1, -0.05) is 103 Å². The van der Waals surface area contributed by atoms with E-state index in [1.165, 1.54) is 104 Å². The Morgan fingerprint density at radius 2 is 0.861 bits per heavy atom. The molecule has 0 radical (unpaired) electrons. The zero-order valence-electron chi connectivity index (χ0n) is 23.4. The highest BCUT2D eigenvalue weighted by Gasteiger charge is 2.52. The van der Waals surface area contributed by atoms with Crippen molar-refractivity contribution in [1.82, 2.24) is 0 Å². The molecule has 3 unspecified atom stereocenters. The molecule has 3 atom stereocenters. The molecule has 0 aliphatic heterocycles. The second-order valence-corrected chi connectivity index (χ2v) is 10.4. The van der Waals surface area contributed by atoms with Crippen LogP contribution < -0.4 is 0 Å². The summed E-state index contributed by atoms with van der Waals surface area (Å²) in [5.74, 6) is -3.61. The van der Waals surface area contributed by atoms with Crippen LogP contribution in [-0.4, -0.2) is 62.4 Å². The number of rotatable bonds is 24. The maximum atomic E-state index is 11.8. The molecule has 0 fully saturated rings. The van der Waals surface area contributed by atoms with Crippen molar-refractivity contribution in [2.45, 2.75) is 149 Å². The fraction of sp³-hybridized carbons (Fsp3) is 0.828. The van der Waals surface area contributed by atoms with E-state index >= 15 is 0 Å². The molecule has 7 heteroatoms. The van der Waals surface area contributed by atoms with Crippen LogP contribution in [0.3, 0.4) is 0 Å². The van der Waals surface area contributed by atoms with Crippen molar-refractivity contribution in [2.75, 3.05) is 6.54 Å². The highest BCUT2D eigenvalue weighted by atomic mass is 16.4. The molecule has 0 heterocycles. The van der Waals surface area contributed by atoms with Gasteiger partial charge in [0.25, 0.3) is 0 Å². The summed E-state index contributed by atoms with van der Waals surface area (Å²) in [4.78, 5) is 35.3. The van der Waals surface area contributed by atoms with E-state index in [-0.39, 0.29) is 6.54 Å². The van der Waals surface area contributed by atoms with Gasteiger partial charge in [0.15, 0.2) is 18.1 Å². The van der Waals surface area contributed by atoms with E-state index in [0.717, 1.165) is 19.3 Å². The Morgan fingerprint density at radius 1 is 0.556 bits per heavy atom. The summed E-state index contributed by atoms with van der Waals surface area (Å²) in [6.07, 6.45) is 24.1. The average molecular weight is 513 g/mol. The molecule has 0 rings (SSSR count). The van der Waals surface area contributed by atoms with Crippen LogP contribution in [0, 0.1) is 0 Å². The molecule has 0 saturated heterocycles. The summed E-state index contributed by atoms with van der Waals surface area (Å²) in [5, 5.41) is 28.8. The number of aliphatic carboxylic acids is 3. The molecule has 3 N–H and O–H groups in total. The fourth-order valence-electron chi connectivity index (χ4n) is 5.11. The van der Waals surface area contributed by atoms with Crippen LogP contribution in [0.15, 0.2) is 12.2 Å². The fourth-order valence-corrected chi connectivity index (χ4v) is 5.11. The first kappa shape index (κ1) is 34.1. The first-order chi connectivity index (χ1) is 17.1. The number of carboxylic acids is 3. The molecule has 0 aromatic heterocycles. The number of nitrogens with zero attached hydrogens (tertiary/aromatic N) is 1. The Balaban J connectivity index is 4.28. The van der Waals surface area contributed by atoms with E-state index in [4.69, 9.17) is 0 Å². The molecule has 36 heavy (non-hydrogen) atoms. The van der Waals surface area contributed by atoms with Crippen molar-refractivity contribution in [1.29, 1.82) is 0 Å². The van der Waals surface area contributed by atoms with Crippen LogP contribution in [0.5, 0.6) is 0 Å². The summed E-state index contributed by atoms with van der Waals surface area (Å²) in [5.41, 5.74) is 0. The van der Waals surface area contributed by atoms with Crippen molar-refractivity contribution in [3.63, 3.8) is 0 Å². The molecule has 0 amide bonds. The molecule has 0 spiro atoms. The highest BCUT2D eigenvalue weighted by molar-refractivity contribution is 5.77. The molecular formula is C29H54NO6+. The smallest absolute Gasteiger partial charge is 0.362 e. The van der Waals surface area contributed by atoms with Crippen molar-refractivity contribution in [2.24, 2.45) is 0 Å². The largest absolute Gasteiger partial charge is 0.477 e. The number of allylic oxidation sites excluding steroid dienone is 1. The van der Waals surface area contributed by atoms with Gasteiger partial charge in [0.2, 0.25) is 0 Å². The molecule has 0 aliphatic carbocycles. The Morgan fingerprint density at radius 3 is 1.17 bits per heavy atom. The molecule has 0 aliphatic rings. The molecule has 0 saturated carbocycles. The summed E-state index contributed by atoms with van der Waals surface area (Å²) in [7, 11) is 0. The van der Waals surface area contributed by atoms with Gasteiger partial charge in [0.05, 0.1) is 6.54 Å². The van der Waals surface area contributed by atoms with Gasteiger partial charge in [-0.2, -0.15) is 0 Å². The molecule has 7 nitrogen and oxygen atoms in total. The van der Waals surface area contributed by atoms with Gasteiger partial charge in [0, 0.05) is 0 Å². The number of hydrogen-bond donors (Lipinski definition) is 3. The maximum absolute atomic E-state index is 11.8. The Bertz CT molecular complexity index is 597. The lowest BCUT2D eigenvalue weighted by molar-refractivity contribution is -0.962. The zero-order chi connectivity index (χ0) is 27.4. The minimum absolute atomic E-state index is 0.0488. The molecule has 0 aromatic carbocycles. The van der Waals surface area contributed by atoms with Crippen LogP contribution >= 0.6 is 0 Å². The summed E-state index contributed by atoms with van der Waals surface area (Å²) < 4.78 is -0.560. The van der Waals surface area contributed by atoms with Crippen LogP contribution in [0.25, 0.3) is 0 Å². The summed E-state index contributed by atoms with van der Waals surface area (Å²) >= 11 is 0. The van der Waals surface area contributed by atoms with E-state index in [1.54, 1.807) is 6.08 Å². The van der Waals surface area contributed by atoms with Gasteiger partial charge in [-0.25, -0.2) is 14.4 Å². The van der Waals surface area contributed by atoms with E-state index in [1.807, 2.05) is 6.08 Å². The predicted octanol–water partition coefficient (Wildman–Crippen LogP) is 7.04. The summed E-state index contributed by atoms with van der Waals surface area (Å²) in [6, 6.07) is -3.51. The van der Waals surface area contributed by atoms with Crippen LogP contribution in [0.1, 0.15) is 130 Å². The normalized spacial score (nSPS) is 15.9. The SMILES string of the molecule is CCCCCCCCCCCCCCCCC/C=C/C[N+](C(C)C(=O)O)(C(C)C(=O)O)C(C)C(=O)O. The maximum Gasteiger partial charge on any atom is 0.362 e. The van der Waals surface area contributed by atoms with Crippen LogP contribution in [-0.2, 0) is 14.4 Å². The van der Waals surface area contributed by atoms with Crippen molar-refractivity contribution < 1.29 is 34.2 Å². The van der Waals surface area contributed by atoms with Crippen LogP contribution in [0.4, 0.5) is 0 Å². The van der Waals surface area contributed by atoms with Gasteiger partial charge in [-0.15, -0.1) is 0 Å². The lowest BCUT2D eigenvalue weighted by Gasteiger charge is -2.46. The second kappa shape index (κ2) is 20.2. The average Bonchev–Trinajstić information content (AvgIpc) is 2.84. The lowest BCUT2D eigenvalue weighted by Crippen LogP contribution is -2.70. The third-order valence-corrected chi connectivity index (χ3v) is 7.80. The van der Waals surface area contributed by atoms with E-state index in [2.05, 4.69) is 6.92 Å². The molecule has 0 bridgehead atoms. The third kappa shape index (κ3) is 12.9. The number of hydrogen-bond acceptors (Lipinski definition) is 3. The Hall–Kier alpha value is -1.89. The monoisotopic (exact) mass is 512 g/mol. The topological polar surface area (TPSA) is 112 Å². The molecule has 0 aromatic rings. The minimum Gasteiger partial charge on any atom is -0.477 e. The Kier molecular flexibility index (Phi) is 19.1. The number of unbranched alkanes of at least 4 members (excludes halogenated alkanes) is 15. The van der Waals surface area contributed by atoms with Crippen molar-refractivity contribution in [3.05, 3.63) is 12.2 Å². The third-order valence-electron chi connectivity index (χ3n) is 7.80. The predicted molar refractivity (Wildman–Crippen MR) is 145 cm³/mol. The summed E-state index contributed by atoms with van der Waals surface area (Å²) in [6.45, 7) is 6.48. The standard InChI is InChI=1S/C29H53NO6/c1-5-6-7-8-9-10-11-12-13-14-15-16-17-18-19-20-21-22-23-30(24(2)27(31)32,25(3)28(33)34)26(4)29(35)36/h21-22,24-26H,5-20,23H2,1-4H3,(H2-,31,32,33,34,35,36)/p+1/b22-21+. The Labute approximate surface area is 219 Å². The minimum atomic E-state index is -1.20. The highest BCUT2D eigenvalue weighted by Crippen LogP contribution is 2.26. The number of carbonyl (C=O) groups is 3. The lowest BCUT2D eigenvalue weighted by atomic mass is 10.0. The first-order valence-electron chi connectivity index (χ1n) is 14.3. The van der Waals surface area contributed by atoms with E-state index < -0.39 is 40.5 Å². The molecular weight excluding hydrogens is 458 g/mol. The first-order valence-corrected chi connectivity index (χ1v) is 14.3. The van der Waals surface area contributed by atoms with E-state index in [9.17, 15) is 29.7 Å². The van der Waals surface area contributed by atoms with Gasteiger partial charge in [0.1, 0.15) is 0 Å². The van der Waals surface area contributed by atoms with Crippen molar-refractivity contribution >= 4 is 17.9 Å².